The maximum atomic E-state index is 13.5. The highest BCUT2D eigenvalue weighted by Crippen LogP contribution is 2.58. The Morgan fingerprint density at radius 2 is 1.14 bits per heavy atom. The van der Waals surface area contributed by atoms with Gasteiger partial charge >= 0.3 is 0 Å². The highest BCUT2D eigenvalue weighted by Gasteiger charge is 2.44. The van der Waals surface area contributed by atoms with E-state index in [4.69, 9.17) is 0 Å². The first-order valence-corrected chi connectivity index (χ1v) is 18.0. The average molecular weight is 345 g/mol. The van der Waals surface area contributed by atoms with Crippen molar-refractivity contribution in [1.82, 2.24) is 0 Å². The van der Waals surface area contributed by atoms with Gasteiger partial charge in [-0.3, -0.25) is 4.79 Å². The first-order chi connectivity index (χ1) is 8.87. The smallest absolute Gasteiger partial charge is 0.172 e. The molecule has 0 aliphatic heterocycles. The monoisotopic (exact) mass is 344 g/mol. The zero-order valence-electron chi connectivity index (χ0n) is 16.4. The molecule has 0 rings (SSSR count). The van der Waals surface area contributed by atoms with Gasteiger partial charge in [0.25, 0.3) is 0 Å². The van der Waals surface area contributed by atoms with E-state index < -0.39 is 22.5 Å². The van der Waals surface area contributed by atoms with Crippen LogP contribution < -0.4 is 0 Å². The Hall–Kier alpha value is 0.274. The predicted molar refractivity (Wildman–Crippen MR) is 106 cm³/mol. The summed E-state index contributed by atoms with van der Waals surface area (Å²) < 4.78 is 0. The van der Waals surface area contributed by atoms with Crippen molar-refractivity contribution in [3.8, 4) is 0 Å². The molecule has 0 fully saturated rings. The topological polar surface area (TPSA) is 17.1 Å². The molecule has 21 heavy (non-hydrogen) atoms. The van der Waals surface area contributed by atoms with Crippen LogP contribution in [0.5, 0.6) is 0 Å². The summed E-state index contributed by atoms with van der Waals surface area (Å²) in [5.41, 5.74) is 1.57. The van der Waals surface area contributed by atoms with Crippen LogP contribution in [-0.4, -0.2) is 21.0 Å². The fourth-order valence-electron chi connectivity index (χ4n) is 2.77. The van der Waals surface area contributed by atoms with Gasteiger partial charge in [0.05, 0.1) is 15.5 Å². The zero-order valence-corrected chi connectivity index (χ0v) is 19.3. The van der Waals surface area contributed by atoms with E-state index in [1.165, 1.54) is 0 Å². The van der Waals surface area contributed by atoms with Crippen LogP contribution in [0.15, 0.2) is 11.6 Å². The number of hydrogen-bond donors (Lipinski definition) is 0. The number of allylic oxidation sites excluding steroid dienone is 2. The molecule has 1 nitrogen and oxygen atoms in total. The van der Waals surface area contributed by atoms with Gasteiger partial charge in [-0.25, -0.2) is 0 Å². The lowest BCUT2D eigenvalue weighted by atomic mass is 9.82. The van der Waals surface area contributed by atoms with Gasteiger partial charge in [0, 0.05) is 5.57 Å². The molecule has 0 saturated heterocycles. The molecule has 0 N–H and O–H groups in total. The highest BCUT2D eigenvalue weighted by atomic mass is 31.6. The highest BCUT2D eigenvalue weighted by molar-refractivity contribution is 8.27. The van der Waals surface area contributed by atoms with Crippen LogP contribution in [0.1, 0.15) is 41.5 Å². The van der Waals surface area contributed by atoms with Gasteiger partial charge in [-0.1, -0.05) is 93.9 Å². The molecular formula is C17H37OPSi2. The number of rotatable bonds is 4. The largest absolute Gasteiger partial charge is 0.290 e. The lowest BCUT2D eigenvalue weighted by Crippen LogP contribution is -2.38. The quantitative estimate of drug-likeness (QED) is 0.316. The molecule has 0 saturated carbocycles. The van der Waals surface area contributed by atoms with E-state index in [9.17, 15) is 4.79 Å². The molecule has 0 aliphatic rings. The third kappa shape index (κ3) is 6.92. The summed E-state index contributed by atoms with van der Waals surface area (Å²) in [6.07, 6.45) is 2.24. The van der Waals surface area contributed by atoms with E-state index in [2.05, 4.69) is 86.9 Å². The van der Waals surface area contributed by atoms with Crippen LogP contribution >= 0.6 is 7.02 Å². The maximum absolute atomic E-state index is 13.5. The summed E-state index contributed by atoms with van der Waals surface area (Å²) in [6.45, 7) is 27.4. The van der Waals surface area contributed by atoms with Gasteiger partial charge in [0.1, 0.15) is 0 Å². The zero-order chi connectivity index (χ0) is 17.4. The van der Waals surface area contributed by atoms with Gasteiger partial charge in [-0.2, -0.15) is 0 Å². The Labute approximate surface area is 136 Å². The van der Waals surface area contributed by atoms with Crippen molar-refractivity contribution in [1.29, 1.82) is 0 Å². The number of carbonyl (C=O) groups is 1. The Bertz CT molecular complexity index is 398. The molecule has 0 aromatic heterocycles. The molecule has 0 bridgehead atoms. The van der Waals surface area contributed by atoms with Crippen molar-refractivity contribution in [3.05, 3.63) is 11.6 Å². The lowest BCUT2D eigenvalue weighted by molar-refractivity contribution is -0.109. The van der Waals surface area contributed by atoms with Crippen LogP contribution in [-0.2, 0) is 4.79 Å². The normalized spacial score (nSPS) is 15.6. The summed E-state index contributed by atoms with van der Waals surface area (Å²) in [4.78, 5) is 13.5. The molecule has 4 heteroatoms. The molecule has 0 heterocycles. The van der Waals surface area contributed by atoms with Crippen molar-refractivity contribution in [2.75, 3.05) is 0 Å². The predicted octanol–water partition coefficient (Wildman–Crippen LogP) is 6.68. The minimum atomic E-state index is -1.47. The van der Waals surface area contributed by atoms with Crippen LogP contribution in [0.4, 0.5) is 0 Å². The van der Waals surface area contributed by atoms with E-state index in [1.54, 1.807) is 0 Å². The van der Waals surface area contributed by atoms with Gasteiger partial charge in [0.2, 0.25) is 0 Å². The van der Waals surface area contributed by atoms with Crippen LogP contribution in [0, 0.1) is 10.8 Å². The molecule has 0 spiro atoms. The third-order valence-corrected chi connectivity index (χ3v) is 27.8. The first kappa shape index (κ1) is 21.3. The molecule has 124 valence electrons. The van der Waals surface area contributed by atoms with Crippen molar-refractivity contribution < 1.29 is 4.79 Å². The standard InChI is InChI=1S/C17H37OPSi2/c1-16(2,3)13-14(17(4,5)6)15(18)19(20(7,8)9)21(10,11)12/h13H,1-12H3/b14-13+. The van der Waals surface area contributed by atoms with Crippen molar-refractivity contribution in [2.45, 2.75) is 80.8 Å². The summed E-state index contributed by atoms with van der Waals surface area (Å²) in [7, 11) is -3.42. The second-order valence-electron chi connectivity index (χ2n) is 10.2. The Balaban J connectivity index is 6.06. The van der Waals surface area contributed by atoms with E-state index in [1.807, 2.05) is 0 Å². The van der Waals surface area contributed by atoms with Gasteiger partial charge < -0.3 is 0 Å². The maximum Gasteiger partial charge on any atom is 0.172 e. The second kappa shape index (κ2) is 6.41. The van der Waals surface area contributed by atoms with E-state index >= 15 is 0 Å². The Morgan fingerprint density at radius 1 is 0.810 bits per heavy atom. The molecule has 0 aromatic rings. The number of carbonyl (C=O) groups excluding carboxylic acids is 1. The van der Waals surface area contributed by atoms with Gasteiger partial charge in [0.15, 0.2) is 5.52 Å². The molecule has 0 aromatic carbocycles. The summed E-state index contributed by atoms with van der Waals surface area (Å²) in [5.74, 6) is 0. The minimum Gasteiger partial charge on any atom is -0.290 e. The fourth-order valence-corrected chi connectivity index (χ4v) is 35.2. The minimum absolute atomic E-state index is 0.0537. The van der Waals surface area contributed by atoms with Gasteiger partial charge in [-0.05, 0) is 10.8 Å². The van der Waals surface area contributed by atoms with Crippen LogP contribution in [0.25, 0.3) is 0 Å². The summed E-state index contributed by atoms with van der Waals surface area (Å²) >= 11 is 0. The van der Waals surface area contributed by atoms with Gasteiger partial charge in [-0.15, -0.1) is 0 Å². The first-order valence-electron chi connectivity index (χ1n) is 7.95. The average Bonchev–Trinajstić information content (AvgIpc) is 2.05. The Kier molecular flexibility index (Phi) is 6.49. The molecule has 0 amide bonds. The lowest BCUT2D eigenvalue weighted by Gasteiger charge is -2.40. The van der Waals surface area contributed by atoms with Crippen molar-refractivity contribution in [2.24, 2.45) is 10.8 Å². The molecular weight excluding hydrogens is 307 g/mol. The van der Waals surface area contributed by atoms with Crippen LogP contribution in [0.3, 0.4) is 0 Å². The van der Waals surface area contributed by atoms with E-state index in [-0.39, 0.29) is 10.8 Å². The summed E-state index contributed by atoms with van der Waals surface area (Å²) in [6, 6.07) is 0. The van der Waals surface area contributed by atoms with Crippen molar-refractivity contribution in [3.63, 3.8) is 0 Å². The van der Waals surface area contributed by atoms with E-state index in [0.29, 0.717) is 5.52 Å². The third-order valence-electron chi connectivity index (χ3n) is 3.16. The summed E-state index contributed by atoms with van der Waals surface area (Å²) in [5, 5.41) is 0. The SMILES string of the molecule is CC(C)(C)/C=C(\C(=O)P([Si](C)(C)C)[Si](C)(C)C)C(C)(C)C. The molecule has 0 radical (unpaired) electrons. The van der Waals surface area contributed by atoms with E-state index in [0.717, 1.165) is 5.57 Å². The fraction of sp³-hybridized carbons (Fsp3) is 0.824. The number of hydrogen-bond acceptors (Lipinski definition) is 1. The van der Waals surface area contributed by atoms with Crippen molar-refractivity contribution >= 4 is 28.0 Å². The van der Waals surface area contributed by atoms with Crippen LogP contribution in [0.2, 0.25) is 39.3 Å². The molecule has 0 atom stereocenters. The Morgan fingerprint density at radius 3 is 1.33 bits per heavy atom. The second-order valence-corrected chi connectivity index (χ2v) is 32.0. The molecule has 0 aliphatic carbocycles. The molecule has 0 unspecified atom stereocenters.